The molecule has 0 fully saturated rings. The van der Waals surface area contributed by atoms with Gasteiger partial charge < -0.3 is 15.2 Å². The third-order valence-electron chi connectivity index (χ3n) is 4.05. The summed E-state index contributed by atoms with van der Waals surface area (Å²) in [7, 11) is 1.55. The van der Waals surface area contributed by atoms with E-state index in [1.165, 1.54) is 6.07 Å². The fourth-order valence-corrected chi connectivity index (χ4v) is 2.90. The van der Waals surface area contributed by atoms with Crippen molar-refractivity contribution in [3.05, 3.63) is 46.5 Å². The van der Waals surface area contributed by atoms with Gasteiger partial charge in [0.05, 0.1) is 28.8 Å². The van der Waals surface area contributed by atoms with Crippen molar-refractivity contribution in [1.29, 1.82) is 0 Å². The summed E-state index contributed by atoms with van der Waals surface area (Å²) in [6.45, 7) is 1.96. The lowest BCUT2D eigenvalue weighted by molar-refractivity contribution is -0.383. The molecule has 0 aliphatic heterocycles. The number of aliphatic hydroxyl groups is 1. The van der Waals surface area contributed by atoms with Gasteiger partial charge in [-0.2, -0.15) is 0 Å². The number of aliphatic hydroxyl groups excluding tert-OH is 1. The quantitative estimate of drug-likeness (QED) is 0.288. The molecule has 1 aromatic heterocycles. The third-order valence-corrected chi connectivity index (χ3v) is 4.05. The molecule has 3 rings (SSSR count). The summed E-state index contributed by atoms with van der Waals surface area (Å²) in [5.41, 5.74) is 1.60. The van der Waals surface area contributed by atoms with Crippen LogP contribution < -0.4 is 10.1 Å². The Balaban J connectivity index is 0.00000243. The van der Waals surface area contributed by atoms with E-state index in [-0.39, 0.29) is 18.1 Å². The maximum Gasteiger partial charge on any atom is 0.280 e. The Morgan fingerprint density at radius 2 is 2.08 bits per heavy atom. The zero-order chi connectivity index (χ0) is 18.0. The molecule has 0 spiro atoms. The van der Waals surface area contributed by atoms with Crippen LogP contribution in [0.1, 0.15) is 19.8 Å². The van der Waals surface area contributed by atoms with Gasteiger partial charge in [-0.15, -0.1) is 12.4 Å². The molecule has 8 heteroatoms. The first-order valence-electron chi connectivity index (χ1n) is 8.04. The first-order chi connectivity index (χ1) is 12.0. The number of benzene rings is 2. The highest BCUT2D eigenvalue weighted by Gasteiger charge is 2.20. The molecule has 0 amide bonds. The monoisotopic (exact) mass is 377 g/mol. The van der Waals surface area contributed by atoms with Gasteiger partial charge in [0.2, 0.25) is 0 Å². The number of nitrogens with one attached hydrogen (secondary N) is 1. The maximum absolute atomic E-state index is 11.5. The van der Waals surface area contributed by atoms with Crippen LogP contribution in [0.4, 0.5) is 11.4 Å². The molecule has 0 saturated carbocycles. The maximum atomic E-state index is 11.5. The molecular weight excluding hydrogens is 358 g/mol. The molecule has 0 aliphatic rings. The Labute approximate surface area is 156 Å². The number of nitro groups is 1. The summed E-state index contributed by atoms with van der Waals surface area (Å²) >= 11 is 0. The molecule has 0 aliphatic carbocycles. The van der Waals surface area contributed by atoms with Crippen molar-refractivity contribution in [3.8, 4) is 5.75 Å². The van der Waals surface area contributed by atoms with Crippen LogP contribution in [0.25, 0.3) is 21.8 Å². The molecule has 0 saturated heterocycles. The van der Waals surface area contributed by atoms with E-state index in [1.807, 2.05) is 6.92 Å². The third kappa shape index (κ3) is 3.63. The van der Waals surface area contributed by atoms with Gasteiger partial charge in [-0.3, -0.25) is 10.1 Å². The standard InChI is InChI=1S/C18H19N3O4.ClH/c1-3-5-16(22)20-18-12-10-11(25-2)8-9-13(12)19-14-6-4-7-15(17(14)18)21(23)24;/h4,6-10,16,22H,3,5H2,1-2H3,(H,19,20);1H. The molecule has 138 valence electrons. The van der Waals surface area contributed by atoms with Crippen molar-refractivity contribution < 1.29 is 14.8 Å². The number of ether oxygens (including phenoxy) is 1. The lowest BCUT2D eigenvalue weighted by atomic mass is 10.1. The second-order valence-electron chi connectivity index (χ2n) is 5.75. The molecule has 26 heavy (non-hydrogen) atoms. The van der Waals surface area contributed by atoms with Gasteiger partial charge in [-0.25, -0.2) is 4.98 Å². The van der Waals surface area contributed by atoms with Crippen LogP contribution in [-0.4, -0.2) is 28.4 Å². The molecule has 3 aromatic rings. The van der Waals surface area contributed by atoms with Crippen LogP contribution in [-0.2, 0) is 0 Å². The minimum atomic E-state index is -0.815. The number of nitrogens with zero attached hydrogens (tertiary/aromatic N) is 2. The number of halogens is 1. The highest BCUT2D eigenvalue weighted by molar-refractivity contribution is 6.11. The minimum absolute atomic E-state index is 0. The van der Waals surface area contributed by atoms with Gasteiger partial charge in [-0.1, -0.05) is 19.4 Å². The van der Waals surface area contributed by atoms with Gasteiger partial charge in [0, 0.05) is 11.5 Å². The Bertz CT molecular complexity index is 949. The van der Waals surface area contributed by atoms with E-state index in [0.717, 1.165) is 6.42 Å². The number of methoxy groups -OCH3 is 1. The van der Waals surface area contributed by atoms with Gasteiger partial charge in [0.15, 0.2) is 0 Å². The van der Waals surface area contributed by atoms with Gasteiger partial charge in [0.1, 0.15) is 17.4 Å². The number of hydrogen-bond donors (Lipinski definition) is 2. The van der Waals surface area contributed by atoms with Crippen molar-refractivity contribution >= 4 is 45.6 Å². The molecule has 2 N–H and O–H groups in total. The average molecular weight is 378 g/mol. The number of aromatic nitrogens is 1. The zero-order valence-corrected chi connectivity index (χ0v) is 15.2. The van der Waals surface area contributed by atoms with E-state index in [2.05, 4.69) is 10.3 Å². The number of non-ortho nitro benzene ring substituents is 1. The number of anilines is 1. The summed E-state index contributed by atoms with van der Waals surface area (Å²) in [6.07, 6.45) is 0.487. The first-order valence-corrected chi connectivity index (χ1v) is 8.04. The Kier molecular flexibility index (Phi) is 6.18. The summed E-state index contributed by atoms with van der Waals surface area (Å²) in [5.74, 6) is 0.611. The Morgan fingerprint density at radius 3 is 2.73 bits per heavy atom. The predicted molar refractivity (Wildman–Crippen MR) is 104 cm³/mol. The number of hydrogen-bond acceptors (Lipinski definition) is 6. The fraction of sp³-hybridized carbons (Fsp3) is 0.278. The largest absolute Gasteiger partial charge is 0.497 e. The number of fused-ring (bicyclic) bond motifs is 2. The normalized spacial score (nSPS) is 11.8. The van der Waals surface area contributed by atoms with E-state index >= 15 is 0 Å². The molecule has 1 atom stereocenters. The van der Waals surface area contributed by atoms with E-state index in [1.54, 1.807) is 37.4 Å². The lowest BCUT2D eigenvalue weighted by Gasteiger charge is -2.18. The SMILES string of the molecule is CCCC(O)Nc1c2cc(OC)ccc2nc2cccc([N+](=O)[O-])c12.Cl. The van der Waals surface area contributed by atoms with E-state index < -0.39 is 11.2 Å². The fourth-order valence-electron chi connectivity index (χ4n) is 2.90. The summed E-state index contributed by atoms with van der Waals surface area (Å²) in [6, 6.07) is 10.1. The summed E-state index contributed by atoms with van der Waals surface area (Å²) in [4.78, 5) is 15.6. The molecular formula is C18H20ClN3O4. The van der Waals surface area contributed by atoms with Crippen LogP contribution in [0.3, 0.4) is 0 Å². The van der Waals surface area contributed by atoms with Crippen LogP contribution in [0.5, 0.6) is 5.75 Å². The molecule has 1 heterocycles. The van der Waals surface area contributed by atoms with Crippen molar-refractivity contribution in [3.63, 3.8) is 0 Å². The number of nitro benzene ring substituents is 1. The molecule has 0 radical (unpaired) electrons. The molecule has 7 nitrogen and oxygen atoms in total. The highest BCUT2D eigenvalue weighted by Crippen LogP contribution is 2.38. The van der Waals surface area contributed by atoms with Gasteiger partial charge in [-0.05, 0) is 30.7 Å². The smallest absolute Gasteiger partial charge is 0.280 e. The highest BCUT2D eigenvalue weighted by atomic mass is 35.5. The lowest BCUT2D eigenvalue weighted by Crippen LogP contribution is -2.18. The van der Waals surface area contributed by atoms with Gasteiger partial charge in [0.25, 0.3) is 5.69 Å². The van der Waals surface area contributed by atoms with Crippen LogP contribution in [0.15, 0.2) is 36.4 Å². The van der Waals surface area contributed by atoms with Crippen molar-refractivity contribution in [2.24, 2.45) is 0 Å². The van der Waals surface area contributed by atoms with E-state index in [0.29, 0.717) is 39.7 Å². The van der Waals surface area contributed by atoms with E-state index in [9.17, 15) is 15.2 Å². The number of rotatable bonds is 6. The van der Waals surface area contributed by atoms with Crippen LogP contribution >= 0.6 is 12.4 Å². The molecule has 1 unspecified atom stereocenters. The van der Waals surface area contributed by atoms with Crippen molar-refractivity contribution in [2.75, 3.05) is 12.4 Å². The van der Waals surface area contributed by atoms with Crippen LogP contribution in [0.2, 0.25) is 0 Å². The van der Waals surface area contributed by atoms with Gasteiger partial charge >= 0.3 is 0 Å². The van der Waals surface area contributed by atoms with Crippen molar-refractivity contribution in [2.45, 2.75) is 26.0 Å². The second kappa shape index (κ2) is 8.16. The number of pyridine rings is 1. The Morgan fingerprint density at radius 1 is 1.31 bits per heavy atom. The predicted octanol–water partition coefficient (Wildman–Crippen LogP) is 4.26. The molecule has 0 bridgehead atoms. The second-order valence-corrected chi connectivity index (χ2v) is 5.75. The summed E-state index contributed by atoms with van der Waals surface area (Å²) in [5, 5.41) is 25.8. The first kappa shape index (κ1) is 19.7. The van der Waals surface area contributed by atoms with Crippen molar-refractivity contribution in [1.82, 2.24) is 4.98 Å². The Hall–Kier alpha value is -2.64. The minimum Gasteiger partial charge on any atom is -0.497 e. The average Bonchev–Trinajstić information content (AvgIpc) is 2.60. The van der Waals surface area contributed by atoms with Crippen LogP contribution in [0, 0.1) is 10.1 Å². The summed E-state index contributed by atoms with van der Waals surface area (Å²) < 4.78 is 5.27. The molecule has 2 aromatic carbocycles. The van der Waals surface area contributed by atoms with E-state index in [4.69, 9.17) is 4.74 Å². The topological polar surface area (TPSA) is 97.5 Å². The zero-order valence-electron chi connectivity index (χ0n) is 14.4.